The second kappa shape index (κ2) is 20.5. The zero-order chi connectivity index (χ0) is 49.6. The summed E-state index contributed by atoms with van der Waals surface area (Å²) in [4.78, 5) is 17.9. The topological polar surface area (TPSA) is 43.7 Å². The summed E-state index contributed by atoms with van der Waals surface area (Å²) in [6.07, 6.45) is 7.40. The molecule has 3 aromatic heterocycles. The van der Waals surface area contributed by atoms with Crippen LogP contribution in [0.1, 0.15) is 20.8 Å². The number of nitrogens with zero attached hydrogens (tertiary/aromatic N) is 7. The van der Waals surface area contributed by atoms with Gasteiger partial charge >= 0.3 is 0 Å². The van der Waals surface area contributed by atoms with Crippen molar-refractivity contribution in [3.05, 3.63) is 280 Å². The van der Waals surface area contributed by atoms with Crippen molar-refractivity contribution in [2.45, 2.75) is 26.3 Å². The van der Waals surface area contributed by atoms with Crippen molar-refractivity contribution in [2.24, 2.45) is 0 Å². The van der Waals surface area contributed by atoms with Crippen LogP contribution in [0.15, 0.2) is 280 Å². The first-order chi connectivity index (χ1) is 35.9. The third-order valence-electron chi connectivity index (χ3n) is 13.0. The molecule has 0 aliphatic carbocycles. The van der Waals surface area contributed by atoms with Crippen LogP contribution >= 0.6 is 0 Å². The molecule has 0 spiro atoms. The Hall–Kier alpha value is -9.46. The molecule has 73 heavy (non-hydrogen) atoms. The molecule has 0 unspecified atom stereocenters. The van der Waals surface area contributed by atoms with Crippen LogP contribution in [0.2, 0.25) is 0 Å². The Morgan fingerprint density at radius 3 is 0.685 bits per heavy atom. The van der Waals surface area contributed by atoms with E-state index in [2.05, 4.69) is 310 Å². The Labute approximate surface area is 428 Å². The number of hydrogen-bond donors (Lipinski definition) is 0. The first-order valence-corrected chi connectivity index (χ1v) is 24.7. The van der Waals surface area contributed by atoms with Gasteiger partial charge in [-0.25, -0.2) is 0 Å². The van der Waals surface area contributed by atoms with Crippen molar-refractivity contribution >= 4 is 68.2 Å². The van der Waals surface area contributed by atoms with E-state index in [0.29, 0.717) is 0 Å². The molecule has 0 N–H and O–H groups in total. The van der Waals surface area contributed by atoms with E-state index in [1.165, 1.54) is 0 Å². The SMILES string of the molecule is CC(C)(C)n1c(-c2ccc(N(c3ccncc3)c3ccc(N(c4ccccc4)c4ccccc4)cc3)cc2)ccc1-c1ccc(N(c2ccncc2)c2ccc(N(c3ccccc3)c3ccccc3)cc2)cc1. The van der Waals surface area contributed by atoms with Crippen molar-refractivity contribution in [2.75, 3.05) is 19.6 Å². The van der Waals surface area contributed by atoms with Crippen LogP contribution in [0.5, 0.6) is 0 Å². The molecule has 3 heterocycles. The molecule has 7 nitrogen and oxygen atoms in total. The molecule has 0 radical (unpaired) electrons. The maximum Gasteiger partial charge on any atom is 0.0492 e. The summed E-state index contributed by atoms with van der Waals surface area (Å²) in [6, 6.07) is 90.2. The van der Waals surface area contributed by atoms with Crippen molar-refractivity contribution in [1.82, 2.24) is 14.5 Å². The lowest BCUT2D eigenvalue weighted by Crippen LogP contribution is -2.23. The van der Waals surface area contributed by atoms with Gasteiger partial charge in [0.25, 0.3) is 0 Å². The molecule has 0 aliphatic rings. The van der Waals surface area contributed by atoms with Crippen molar-refractivity contribution in [3.63, 3.8) is 0 Å². The van der Waals surface area contributed by atoms with Crippen LogP contribution in [0, 0.1) is 0 Å². The van der Waals surface area contributed by atoms with Crippen molar-refractivity contribution in [1.29, 1.82) is 0 Å². The lowest BCUT2D eigenvalue weighted by molar-refractivity contribution is 0.407. The van der Waals surface area contributed by atoms with E-state index >= 15 is 0 Å². The van der Waals surface area contributed by atoms with E-state index in [1.54, 1.807) is 0 Å². The molecule has 0 saturated heterocycles. The lowest BCUT2D eigenvalue weighted by atomic mass is 10.0. The summed E-state index contributed by atoms with van der Waals surface area (Å²) in [6.45, 7) is 6.83. The first-order valence-electron chi connectivity index (χ1n) is 24.7. The standard InChI is InChI=1S/C66H55N7/c1-66(2,3)73-64(50-24-28-56(29-25-50)71(62-42-46-67-47-43-62)60-36-32-58(33-37-60)69(52-16-8-4-9-17-52)53-18-10-5-11-19-53)40-41-65(73)51-26-30-57(31-27-51)72(63-44-48-68-49-45-63)61-38-34-59(35-39-61)70(54-20-12-6-13-21-54)55-22-14-7-15-23-55/h4-49H,1-3H3. The van der Waals surface area contributed by atoms with Gasteiger partial charge in [0.15, 0.2) is 0 Å². The maximum atomic E-state index is 4.36. The van der Waals surface area contributed by atoms with Gasteiger partial charge in [0.05, 0.1) is 0 Å². The zero-order valence-corrected chi connectivity index (χ0v) is 41.2. The minimum atomic E-state index is -0.220. The molecule has 0 amide bonds. The molecule has 0 atom stereocenters. The van der Waals surface area contributed by atoms with E-state index in [9.17, 15) is 0 Å². The maximum absolute atomic E-state index is 4.36. The van der Waals surface area contributed by atoms with Crippen molar-refractivity contribution < 1.29 is 0 Å². The lowest BCUT2D eigenvalue weighted by Gasteiger charge is -2.29. The summed E-state index contributed by atoms with van der Waals surface area (Å²) in [5.41, 5.74) is 17.2. The molecule has 0 fully saturated rings. The second-order valence-electron chi connectivity index (χ2n) is 18.8. The van der Waals surface area contributed by atoms with Crippen molar-refractivity contribution in [3.8, 4) is 22.5 Å². The minimum Gasteiger partial charge on any atom is -0.335 e. The second-order valence-corrected chi connectivity index (χ2v) is 18.8. The highest BCUT2D eigenvalue weighted by atomic mass is 15.2. The monoisotopic (exact) mass is 945 g/mol. The molecular weight excluding hydrogens is 891 g/mol. The normalized spacial score (nSPS) is 11.2. The van der Waals surface area contributed by atoms with Gasteiger partial charge < -0.3 is 24.2 Å². The average Bonchev–Trinajstić information content (AvgIpc) is 3.91. The minimum absolute atomic E-state index is 0.220. The summed E-state index contributed by atoms with van der Waals surface area (Å²) < 4.78 is 2.46. The highest BCUT2D eigenvalue weighted by molar-refractivity contribution is 5.84. The van der Waals surface area contributed by atoms with Crippen LogP contribution in [-0.4, -0.2) is 14.5 Å². The van der Waals surface area contributed by atoms with Crippen LogP contribution in [0.4, 0.5) is 68.2 Å². The zero-order valence-electron chi connectivity index (χ0n) is 41.2. The Morgan fingerprint density at radius 1 is 0.247 bits per heavy atom. The fourth-order valence-corrected chi connectivity index (χ4v) is 9.76. The number of pyridine rings is 2. The predicted molar refractivity (Wildman–Crippen MR) is 305 cm³/mol. The number of para-hydroxylation sites is 4. The highest BCUT2D eigenvalue weighted by Gasteiger charge is 2.24. The molecule has 0 bridgehead atoms. The average molecular weight is 946 g/mol. The van der Waals surface area contributed by atoms with Crippen LogP contribution < -0.4 is 19.6 Å². The van der Waals surface area contributed by atoms with Gasteiger partial charge in [-0.2, -0.15) is 0 Å². The Kier molecular flexibility index (Phi) is 12.9. The number of rotatable bonds is 14. The van der Waals surface area contributed by atoms with Gasteiger partial charge in [-0.05, 0) is 190 Å². The van der Waals surface area contributed by atoms with E-state index in [1.807, 2.05) is 24.8 Å². The Bertz CT molecular complexity index is 3180. The molecule has 11 rings (SSSR count). The third-order valence-corrected chi connectivity index (χ3v) is 13.0. The molecule has 11 aromatic rings. The smallest absolute Gasteiger partial charge is 0.0492 e. The molecule has 8 aromatic carbocycles. The molecule has 354 valence electrons. The summed E-state index contributed by atoms with van der Waals surface area (Å²) in [7, 11) is 0. The number of anilines is 12. The number of benzene rings is 8. The van der Waals surface area contributed by atoms with Gasteiger partial charge in [0, 0.05) is 110 Å². The largest absolute Gasteiger partial charge is 0.335 e. The van der Waals surface area contributed by atoms with Gasteiger partial charge in [0.1, 0.15) is 0 Å². The molecule has 0 aliphatic heterocycles. The quantitative estimate of drug-likeness (QED) is 0.108. The number of aromatic nitrogens is 3. The van der Waals surface area contributed by atoms with Crippen LogP contribution in [-0.2, 0) is 5.54 Å². The third kappa shape index (κ3) is 9.72. The summed E-state index contributed by atoms with van der Waals surface area (Å²) >= 11 is 0. The van der Waals surface area contributed by atoms with Gasteiger partial charge in [-0.15, -0.1) is 0 Å². The molecule has 0 saturated carbocycles. The van der Waals surface area contributed by atoms with Gasteiger partial charge in [-0.3, -0.25) is 9.97 Å². The molecular formula is C66H55N7. The van der Waals surface area contributed by atoms with E-state index in [0.717, 1.165) is 90.8 Å². The molecule has 7 heteroatoms. The van der Waals surface area contributed by atoms with E-state index in [-0.39, 0.29) is 5.54 Å². The predicted octanol–water partition coefficient (Wildman–Crippen LogP) is 18.2. The van der Waals surface area contributed by atoms with Gasteiger partial charge in [0.2, 0.25) is 0 Å². The number of hydrogen-bond acceptors (Lipinski definition) is 6. The fraction of sp³-hybridized carbons (Fsp3) is 0.0606. The Balaban J connectivity index is 0.894. The highest BCUT2D eigenvalue weighted by Crippen LogP contribution is 2.43. The summed E-state index contributed by atoms with van der Waals surface area (Å²) in [5.74, 6) is 0. The van der Waals surface area contributed by atoms with E-state index < -0.39 is 0 Å². The summed E-state index contributed by atoms with van der Waals surface area (Å²) in [5, 5.41) is 0. The fourth-order valence-electron chi connectivity index (χ4n) is 9.76. The van der Waals surface area contributed by atoms with Crippen LogP contribution in [0.25, 0.3) is 22.5 Å². The Morgan fingerprint density at radius 2 is 0.452 bits per heavy atom. The van der Waals surface area contributed by atoms with Gasteiger partial charge in [-0.1, -0.05) is 97.1 Å². The van der Waals surface area contributed by atoms with Crippen LogP contribution in [0.3, 0.4) is 0 Å². The first kappa shape index (κ1) is 46.0. The van der Waals surface area contributed by atoms with E-state index in [4.69, 9.17) is 0 Å².